The van der Waals surface area contributed by atoms with Crippen molar-refractivity contribution in [2.24, 2.45) is 0 Å². The zero-order chi connectivity index (χ0) is 3.70. The van der Waals surface area contributed by atoms with Crippen LogP contribution in [0.4, 0.5) is 0 Å². The van der Waals surface area contributed by atoms with E-state index in [1.54, 1.807) is 0 Å². The number of hydrogen-bond acceptors (Lipinski definition) is 0. The van der Waals surface area contributed by atoms with Gasteiger partial charge in [-0.2, -0.15) is 0 Å². The number of allylic oxidation sites excluding steroid dienone is 1. The van der Waals surface area contributed by atoms with Crippen LogP contribution in [0.2, 0.25) is 0 Å². The molecule has 1 aliphatic carbocycles. The van der Waals surface area contributed by atoms with Crippen molar-refractivity contribution < 1.29 is 0 Å². The van der Waals surface area contributed by atoms with Crippen molar-refractivity contribution >= 4 is 12.6 Å². The molecule has 0 aliphatic heterocycles. The summed E-state index contributed by atoms with van der Waals surface area (Å²) in [6.45, 7) is 0. The van der Waals surface area contributed by atoms with Gasteiger partial charge in [0.2, 0.25) is 0 Å². The summed E-state index contributed by atoms with van der Waals surface area (Å²) in [5.74, 6) is 0.861. The van der Waals surface area contributed by atoms with Gasteiger partial charge < -0.3 is 0 Å². The van der Waals surface area contributed by atoms with Crippen LogP contribution in [0, 0.1) is 0 Å². The molecule has 0 bridgehead atoms. The second-order valence-electron chi connectivity index (χ2n) is 1.21. The molecule has 1 rings (SSSR count). The lowest BCUT2D eigenvalue weighted by atomic mass is 10.6. The number of rotatable bonds is 1. The molecular weight excluding hydrogens is 80.1 g/mol. The van der Waals surface area contributed by atoms with Gasteiger partial charge in [0.1, 0.15) is 0 Å². The third-order valence-corrected chi connectivity index (χ3v) is 1.05. The predicted molar refractivity (Wildman–Crippen MR) is 25.2 cm³/mol. The highest BCUT2D eigenvalue weighted by atomic mass is 32.1. The largest absolute Gasteiger partial charge is 0.0894 e. The van der Waals surface area contributed by atoms with Crippen LogP contribution < -0.4 is 0 Å². The maximum atomic E-state index is 4.67. The highest BCUT2D eigenvalue weighted by Gasteiger charge is 2.01. The lowest BCUT2D eigenvalue weighted by Crippen LogP contribution is -1.56. The Morgan fingerprint density at radius 3 is 2.60 bits per heavy atom. The molecular formula is C4H5S. The fourth-order valence-corrected chi connectivity index (χ4v) is 0.426. The van der Waals surface area contributed by atoms with Crippen molar-refractivity contribution in [1.29, 1.82) is 0 Å². The molecule has 1 radical (unpaired) electrons. The molecule has 1 aliphatic rings. The van der Waals surface area contributed by atoms with Gasteiger partial charge in [-0.05, 0) is 6.42 Å². The predicted octanol–water partition coefficient (Wildman–Crippen LogP) is 1.51. The highest BCUT2D eigenvalue weighted by molar-refractivity contribution is 7.80. The van der Waals surface area contributed by atoms with Gasteiger partial charge in [0.05, 0.1) is 0 Å². The molecule has 0 fully saturated rings. The summed E-state index contributed by atoms with van der Waals surface area (Å²) in [6, 6.07) is 0. The van der Waals surface area contributed by atoms with Gasteiger partial charge >= 0.3 is 0 Å². The van der Waals surface area contributed by atoms with Gasteiger partial charge in [0.25, 0.3) is 0 Å². The molecule has 0 saturated carbocycles. The van der Waals surface area contributed by atoms with Crippen molar-refractivity contribution in [3.63, 3.8) is 0 Å². The summed E-state index contributed by atoms with van der Waals surface area (Å²) in [4.78, 5) is 0. The van der Waals surface area contributed by atoms with E-state index in [4.69, 9.17) is 0 Å². The number of hydrogen-bond donors (Lipinski definition) is 0. The minimum Gasteiger partial charge on any atom is -0.0894 e. The average molecular weight is 85.2 g/mol. The Balaban J connectivity index is 2.22. The van der Waals surface area contributed by atoms with Gasteiger partial charge in [0, 0.05) is 5.75 Å². The molecule has 0 aromatic heterocycles. The van der Waals surface area contributed by atoms with Crippen LogP contribution >= 0.6 is 12.6 Å². The molecule has 1 heteroatoms. The van der Waals surface area contributed by atoms with Crippen LogP contribution in [0.5, 0.6) is 0 Å². The van der Waals surface area contributed by atoms with Crippen molar-refractivity contribution in [2.45, 2.75) is 6.42 Å². The third-order valence-electron chi connectivity index (χ3n) is 0.678. The highest BCUT2D eigenvalue weighted by Crippen LogP contribution is 2.17. The van der Waals surface area contributed by atoms with Crippen molar-refractivity contribution in [1.82, 2.24) is 0 Å². The molecule has 0 aromatic carbocycles. The monoisotopic (exact) mass is 85.0 g/mol. The first-order chi connectivity index (χ1) is 2.43. The Bertz CT molecular complexity index is 64.0. The first-order valence-corrected chi connectivity index (χ1v) is 2.27. The fraction of sp³-hybridized carbons (Fsp3) is 0.500. The van der Waals surface area contributed by atoms with Crippen molar-refractivity contribution in [3.8, 4) is 0 Å². The van der Waals surface area contributed by atoms with E-state index in [9.17, 15) is 0 Å². The Morgan fingerprint density at radius 1 is 2.00 bits per heavy atom. The van der Waals surface area contributed by atoms with E-state index in [2.05, 4.69) is 18.7 Å². The third kappa shape index (κ3) is 0.690. The normalized spacial score (nSPS) is 18.2. The molecule has 0 unspecified atom stereocenters. The van der Waals surface area contributed by atoms with E-state index in [1.165, 1.54) is 12.0 Å². The minimum absolute atomic E-state index is 0.861. The van der Waals surface area contributed by atoms with Crippen molar-refractivity contribution in [3.05, 3.63) is 11.6 Å². The smallest absolute Gasteiger partial charge is 0.0250 e. The van der Waals surface area contributed by atoms with Crippen LogP contribution in [-0.4, -0.2) is 5.75 Å². The van der Waals surface area contributed by atoms with Crippen LogP contribution in [0.25, 0.3) is 0 Å². The lowest BCUT2D eigenvalue weighted by Gasteiger charge is -1.65. The Kier molecular flexibility index (Phi) is 0.692. The second-order valence-corrected chi connectivity index (χ2v) is 1.50. The van der Waals surface area contributed by atoms with Crippen LogP contribution in [-0.2, 0) is 0 Å². The van der Waals surface area contributed by atoms with Crippen molar-refractivity contribution in [2.75, 3.05) is 5.75 Å². The van der Waals surface area contributed by atoms with E-state index in [1.807, 2.05) is 0 Å². The molecule has 0 saturated heterocycles. The van der Waals surface area contributed by atoms with Gasteiger partial charge in [-0.25, -0.2) is 0 Å². The van der Waals surface area contributed by atoms with E-state index < -0.39 is 0 Å². The molecule has 0 nitrogen and oxygen atoms in total. The lowest BCUT2D eigenvalue weighted by molar-refractivity contribution is 1.50. The average Bonchev–Trinajstić information content (AvgIpc) is 2.12. The van der Waals surface area contributed by atoms with Gasteiger partial charge in [-0.3, -0.25) is 0 Å². The Hall–Kier alpha value is 0.0900. The van der Waals surface area contributed by atoms with E-state index in [0.29, 0.717) is 0 Å². The maximum Gasteiger partial charge on any atom is 0.0250 e. The second kappa shape index (κ2) is 1.05. The Labute approximate surface area is 37.3 Å². The standard InChI is InChI=1S/C4H5S/c5-3-4-1-2-4/h1H,2-3H2. The van der Waals surface area contributed by atoms with Gasteiger partial charge in [-0.1, -0.05) is 24.3 Å². The van der Waals surface area contributed by atoms with Gasteiger partial charge in [0.15, 0.2) is 0 Å². The molecule has 0 heterocycles. The molecule has 0 amide bonds. The summed E-state index contributed by atoms with van der Waals surface area (Å²) in [7, 11) is 0. The maximum absolute atomic E-state index is 4.67. The molecule has 5 heavy (non-hydrogen) atoms. The summed E-state index contributed by atoms with van der Waals surface area (Å²) in [5.41, 5.74) is 1.44. The summed E-state index contributed by atoms with van der Waals surface area (Å²) >= 11 is 4.67. The fourth-order valence-electron chi connectivity index (χ4n) is 0.190. The van der Waals surface area contributed by atoms with Crippen LogP contribution in [0.3, 0.4) is 0 Å². The first kappa shape index (κ1) is 3.29. The van der Waals surface area contributed by atoms with Crippen LogP contribution in [0.15, 0.2) is 11.6 Å². The topological polar surface area (TPSA) is 0 Å². The zero-order valence-electron chi connectivity index (χ0n) is 2.90. The van der Waals surface area contributed by atoms with Gasteiger partial charge in [-0.15, -0.1) is 0 Å². The minimum atomic E-state index is 0.861. The summed E-state index contributed by atoms with van der Waals surface area (Å²) in [5, 5.41) is 0. The first-order valence-electron chi connectivity index (χ1n) is 1.69. The van der Waals surface area contributed by atoms with E-state index in [0.717, 1.165) is 5.75 Å². The SMILES string of the molecule is [S]CC1=CC1. The molecule has 27 valence electrons. The molecule has 0 aromatic rings. The molecule has 0 atom stereocenters. The summed E-state index contributed by atoms with van der Waals surface area (Å²) in [6.07, 6.45) is 3.36. The van der Waals surface area contributed by atoms with Crippen LogP contribution in [0.1, 0.15) is 6.42 Å². The zero-order valence-corrected chi connectivity index (χ0v) is 3.72. The summed E-state index contributed by atoms with van der Waals surface area (Å²) < 4.78 is 0. The van der Waals surface area contributed by atoms with E-state index in [-0.39, 0.29) is 0 Å². The molecule has 0 N–H and O–H groups in total. The van der Waals surface area contributed by atoms with E-state index >= 15 is 0 Å². The Morgan fingerprint density at radius 2 is 2.60 bits per heavy atom. The molecule has 0 spiro atoms. The quantitative estimate of drug-likeness (QED) is 0.423.